The molecule has 1 N–H and O–H groups in total. The number of halogens is 1. The van der Waals surface area contributed by atoms with E-state index in [9.17, 15) is 0 Å². The van der Waals surface area contributed by atoms with E-state index >= 15 is 0 Å². The summed E-state index contributed by atoms with van der Waals surface area (Å²) in [4.78, 5) is 2.54. The fraction of sp³-hybridized carbons (Fsp3) is 0.647. The SMILES string of the molecule is CCCN(CCOc1cccc(Cl)c1)CC1CCNCC1. The zero-order valence-corrected chi connectivity index (χ0v) is 13.7. The van der Waals surface area contributed by atoms with Crippen molar-refractivity contribution in [2.24, 2.45) is 5.92 Å². The molecule has 21 heavy (non-hydrogen) atoms. The maximum absolute atomic E-state index is 5.97. The Bertz CT molecular complexity index is 408. The predicted octanol–water partition coefficient (Wildman–Crippen LogP) is 3.43. The molecule has 1 aromatic carbocycles. The highest BCUT2D eigenvalue weighted by Crippen LogP contribution is 2.17. The summed E-state index contributed by atoms with van der Waals surface area (Å²) in [6.45, 7) is 8.66. The number of piperidine rings is 1. The largest absolute Gasteiger partial charge is 0.492 e. The molecule has 0 aromatic heterocycles. The molecule has 1 aromatic rings. The van der Waals surface area contributed by atoms with E-state index in [1.807, 2.05) is 24.3 Å². The van der Waals surface area contributed by atoms with Crippen LogP contribution < -0.4 is 10.1 Å². The number of hydrogen-bond acceptors (Lipinski definition) is 3. The molecule has 0 saturated carbocycles. The van der Waals surface area contributed by atoms with Crippen molar-refractivity contribution in [3.63, 3.8) is 0 Å². The highest BCUT2D eigenvalue weighted by molar-refractivity contribution is 6.30. The number of nitrogens with one attached hydrogen (secondary N) is 1. The molecule has 1 aliphatic heterocycles. The van der Waals surface area contributed by atoms with Crippen molar-refractivity contribution >= 4 is 11.6 Å². The van der Waals surface area contributed by atoms with E-state index in [2.05, 4.69) is 17.1 Å². The molecule has 1 fully saturated rings. The second-order valence-corrected chi connectivity index (χ2v) is 6.24. The van der Waals surface area contributed by atoms with Crippen LogP contribution in [0.2, 0.25) is 5.02 Å². The Morgan fingerprint density at radius 2 is 2.10 bits per heavy atom. The van der Waals surface area contributed by atoms with Gasteiger partial charge in [0.05, 0.1) is 0 Å². The van der Waals surface area contributed by atoms with Crippen LogP contribution in [0, 0.1) is 5.92 Å². The summed E-state index contributed by atoms with van der Waals surface area (Å²) < 4.78 is 5.81. The molecule has 0 bridgehead atoms. The number of benzene rings is 1. The quantitative estimate of drug-likeness (QED) is 0.796. The fourth-order valence-corrected chi connectivity index (χ4v) is 3.07. The van der Waals surface area contributed by atoms with Crippen LogP contribution in [0.4, 0.5) is 0 Å². The van der Waals surface area contributed by atoms with Gasteiger partial charge in [0.2, 0.25) is 0 Å². The molecular formula is C17H27ClN2O. The Labute approximate surface area is 133 Å². The maximum Gasteiger partial charge on any atom is 0.120 e. The fourth-order valence-electron chi connectivity index (χ4n) is 2.89. The van der Waals surface area contributed by atoms with Crippen LogP contribution in [0.25, 0.3) is 0 Å². The van der Waals surface area contributed by atoms with Gasteiger partial charge >= 0.3 is 0 Å². The van der Waals surface area contributed by atoms with Gasteiger partial charge in [0.15, 0.2) is 0 Å². The number of rotatable bonds is 8. The molecule has 4 heteroatoms. The molecule has 0 unspecified atom stereocenters. The van der Waals surface area contributed by atoms with Gasteiger partial charge in [0.1, 0.15) is 12.4 Å². The first-order chi connectivity index (χ1) is 10.3. The van der Waals surface area contributed by atoms with Crippen molar-refractivity contribution < 1.29 is 4.74 Å². The lowest BCUT2D eigenvalue weighted by molar-refractivity contribution is 0.171. The molecule has 118 valence electrons. The maximum atomic E-state index is 5.97. The predicted molar refractivity (Wildman–Crippen MR) is 89.3 cm³/mol. The lowest BCUT2D eigenvalue weighted by Gasteiger charge is -2.29. The first kappa shape index (κ1) is 16.6. The average Bonchev–Trinajstić information content (AvgIpc) is 2.48. The third-order valence-electron chi connectivity index (χ3n) is 3.99. The smallest absolute Gasteiger partial charge is 0.120 e. The molecule has 0 radical (unpaired) electrons. The van der Waals surface area contributed by atoms with Crippen molar-refractivity contribution in [3.05, 3.63) is 29.3 Å². The van der Waals surface area contributed by atoms with Crippen LogP contribution in [0.15, 0.2) is 24.3 Å². The Hall–Kier alpha value is -0.770. The van der Waals surface area contributed by atoms with E-state index in [1.54, 1.807) is 0 Å². The molecule has 1 aliphatic rings. The molecule has 1 heterocycles. The van der Waals surface area contributed by atoms with Crippen molar-refractivity contribution in [3.8, 4) is 5.75 Å². The van der Waals surface area contributed by atoms with Gasteiger partial charge in [-0.1, -0.05) is 24.6 Å². The Morgan fingerprint density at radius 3 is 2.81 bits per heavy atom. The van der Waals surface area contributed by atoms with Crippen molar-refractivity contribution in [2.45, 2.75) is 26.2 Å². The molecule has 0 aliphatic carbocycles. The summed E-state index contributed by atoms with van der Waals surface area (Å²) in [5.41, 5.74) is 0. The number of hydrogen-bond donors (Lipinski definition) is 1. The average molecular weight is 311 g/mol. The van der Waals surface area contributed by atoms with Gasteiger partial charge in [-0.25, -0.2) is 0 Å². The minimum absolute atomic E-state index is 0.727. The first-order valence-electron chi connectivity index (χ1n) is 8.09. The summed E-state index contributed by atoms with van der Waals surface area (Å²) in [7, 11) is 0. The standard InChI is InChI=1S/C17H27ClN2O/c1-2-10-20(14-15-6-8-19-9-7-15)11-12-21-17-5-3-4-16(18)13-17/h3-5,13,15,19H,2,6-12,14H2,1H3. The number of nitrogens with zero attached hydrogens (tertiary/aromatic N) is 1. The van der Waals surface area contributed by atoms with E-state index in [-0.39, 0.29) is 0 Å². The molecule has 0 spiro atoms. The minimum atomic E-state index is 0.727. The van der Waals surface area contributed by atoms with Crippen LogP contribution in [-0.2, 0) is 0 Å². The highest BCUT2D eigenvalue weighted by Gasteiger charge is 2.16. The first-order valence-corrected chi connectivity index (χ1v) is 8.47. The summed E-state index contributed by atoms with van der Waals surface area (Å²) in [6.07, 6.45) is 3.80. The zero-order chi connectivity index (χ0) is 14.9. The molecule has 0 atom stereocenters. The Morgan fingerprint density at radius 1 is 1.29 bits per heavy atom. The minimum Gasteiger partial charge on any atom is -0.492 e. The van der Waals surface area contributed by atoms with E-state index in [4.69, 9.17) is 16.3 Å². The summed E-state index contributed by atoms with van der Waals surface area (Å²) in [5, 5.41) is 4.16. The van der Waals surface area contributed by atoms with Gasteiger partial charge < -0.3 is 10.1 Å². The van der Waals surface area contributed by atoms with E-state index in [0.29, 0.717) is 0 Å². The molecule has 3 nitrogen and oxygen atoms in total. The van der Waals surface area contributed by atoms with Crippen LogP contribution in [-0.4, -0.2) is 44.2 Å². The topological polar surface area (TPSA) is 24.5 Å². The molecule has 0 amide bonds. The van der Waals surface area contributed by atoms with Gasteiger partial charge in [-0.15, -0.1) is 0 Å². The molecule has 1 saturated heterocycles. The summed E-state index contributed by atoms with van der Waals surface area (Å²) in [5.74, 6) is 1.70. The van der Waals surface area contributed by atoms with Crippen molar-refractivity contribution in [1.29, 1.82) is 0 Å². The van der Waals surface area contributed by atoms with Crippen LogP contribution in [0.1, 0.15) is 26.2 Å². The van der Waals surface area contributed by atoms with Gasteiger partial charge in [-0.05, 0) is 63.0 Å². The third-order valence-corrected chi connectivity index (χ3v) is 4.22. The highest BCUT2D eigenvalue weighted by atomic mass is 35.5. The third kappa shape index (κ3) is 6.25. The normalized spacial score (nSPS) is 16.3. The van der Waals surface area contributed by atoms with Crippen LogP contribution >= 0.6 is 11.6 Å². The Balaban J connectivity index is 1.73. The van der Waals surface area contributed by atoms with Gasteiger partial charge in [-0.3, -0.25) is 4.90 Å². The zero-order valence-electron chi connectivity index (χ0n) is 13.0. The lowest BCUT2D eigenvalue weighted by atomic mass is 9.97. The van der Waals surface area contributed by atoms with Crippen LogP contribution in [0.3, 0.4) is 0 Å². The summed E-state index contributed by atoms with van der Waals surface area (Å²) >= 11 is 5.97. The Kier molecular flexibility index (Phi) is 7.34. The van der Waals surface area contributed by atoms with Gasteiger partial charge in [-0.2, -0.15) is 0 Å². The monoisotopic (exact) mass is 310 g/mol. The lowest BCUT2D eigenvalue weighted by Crippen LogP contribution is -2.38. The second kappa shape index (κ2) is 9.29. The molecular weight excluding hydrogens is 284 g/mol. The van der Waals surface area contributed by atoms with Crippen molar-refractivity contribution in [1.82, 2.24) is 10.2 Å². The van der Waals surface area contributed by atoms with Gasteiger partial charge in [0, 0.05) is 18.1 Å². The van der Waals surface area contributed by atoms with E-state index in [1.165, 1.54) is 38.9 Å². The van der Waals surface area contributed by atoms with E-state index < -0.39 is 0 Å². The summed E-state index contributed by atoms with van der Waals surface area (Å²) in [6, 6.07) is 7.63. The number of ether oxygens (including phenoxy) is 1. The van der Waals surface area contributed by atoms with E-state index in [0.717, 1.165) is 36.4 Å². The molecule has 2 rings (SSSR count). The van der Waals surface area contributed by atoms with Crippen LogP contribution in [0.5, 0.6) is 5.75 Å². The second-order valence-electron chi connectivity index (χ2n) is 5.80. The van der Waals surface area contributed by atoms with Gasteiger partial charge in [0.25, 0.3) is 0 Å². The van der Waals surface area contributed by atoms with Crippen molar-refractivity contribution in [2.75, 3.05) is 39.3 Å².